The summed E-state index contributed by atoms with van der Waals surface area (Å²) in [4.78, 5) is 12.1. The summed E-state index contributed by atoms with van der Waals surface area (Å²) < 4.78 is 7.08. The minimum Gasteiger partial charge on any atom is -0.468 e. The van der Waals surface area contributed by atoms with Crippen molar-refractivity contribution in [1.82, 2.24) is 20.4 Å². The highest BCUT2D eigenvalue weighted by molar-refractivity contribution is 5.94. The molecule has 23 heavy (non-hydrogen) atoms. The summed E-state index contributed by atoms with van der Waals surface area (Å²) >= 11 is 0. The summed E-state index contributed by atoms with van der Waals surface area (Å²) in [6, 6.07) is 15.4. The Labute approximate surface area is 133 Å². The van der Waals surface area contributed by atoms with E-state index in [4.69, 9.17) is 4.42 Å². The number of rotatable bonds is 4. The van der Waals surface area contributed by atoms with Crippen LogP contribution in [0.25, 0.3) is 11.3 Å². The molecule has 1 aliphatic rings. The second kappa shape index (κ2) is 5.73. The topological polar surface area (TPSA) is 72.1 Å². The summed E-state index contributed by atoms with van der Waals surface area (Å²) in [5.41, 5.74) is 2.35. The molecule has 1 amide bonds. The van der Waals surface area contributed by atoms with Gasteiger partial charge in [-0.15, -0.1) is 0 Å². The van der Waals surface area contributed by atoms with E-state index in [1.54, 1.807) is 10.9 Å². The van der Waals surface area contributed by atoms with Crippen LogP contribution in [0.3, 0.4) is 0 Å². The first-order chi connectivity index (χ1) is 11.3. The second-order valence-corrected chi connectivity index (χ2v) is 5.41. The third-order valence-corrected chi connectivity index (χ3v) is 3.88. The van der Waals surface area contributed by atoms with Crippen LogP contribution in [-0.4, -0.2) is 22.2 Å². The minimum absolute atomic E-state index is 0.101. The Balaban J connectivity index is 1.62. The molecule has 6 nitrogen and oxygen atoms in total. The Morgan fingerprint density at radius 2 is 2.13 bits per heavy atom. The normalized spacial score (nSPS) is 16.9. The van der Waals surface area contributed by atoms with Gasteiger partial charge in [-0.1, -0.05) is 30.3 Å². The zero-order valence-electron chi connectivity index (χ0n) is 12.4. The molecule has 2 N–H and O–H groups in total. The van der Waals surface area contributed by atoms with Crippen molar-refractivity contribution in [1.29, 1.82) is 0 Å². The summed E-state index contributed by atoms with van der Waals surface area (Å²) in [6.45, 7) is 1.07. The number of amides is 1. The number of fused-ring (bicyclic) bond motifs is 1. The Hall–Kier alpha value is -2.86. The van der Waals surface area contributed by atoms with Crippen LogP contribution in [0.15, 0.2) is 59.2 Å². The summed E-state index contributed by atoms with van der Waals surface area (Å²) in [5.74, 6) is 0.745. The van der Waals surface area contributed by atoms with E-state index in [1.165, 1.54) is 0 Å². The number of aromatic nitrogens is 2. The summed E-state index contributed by atoms with van der Waals surface area (Å²) in [7, 11) is 0. The quantitative estimate of drug-likeness (QED) is 0.775. The van der Waals surface area contributed by atoms with E-state index in [2.05, 4.69) is 15.7 Å². The number of nitrogens with zero attached hydrogens (tertiary/aromatic N) is 2. The van der Waals surface area contributed by atoms with Gasteiger partial charge in [0.05, 0.1) is 25.0 Å². The van der Waals surface area contributed by atoms with Crippen LogP contribution < -0.4 is 10.6 Å². The number of benzene rings is 1. The lowest BCUT2D eigenvalue weighted by Gasteiger charge is -2.25. The minimum atomic E-state index is -0.106. The van der Waals surface area contributed by atoms with Crippen LogP contribution in [0, 0.1) is 0 Å². The van der Waals surface area contributed by atoms with Crippen molar-refractivity contribution in [3.05, 3.63) is 66.2 Å². The Kier molecular flexibility index (Phi) is 3.44. The molecule has 0 aliphatic carbocycles. The smallest absolute Gasteiger partial charge is 0.269 e. The molecular formula is C17H16N4O2. The Morgan fingerprint density at radius 1 is 1.26 bits per heavy atom. The van der Waals surface area contributed by atoms with Gasteiger partial charge in [0.2, 0.25) is 0 Å². The SMILES string of the molecule is O=C1NCC(NCc2ccco2)n2nc(-c3ccccc3)cc21. The van der Waals surface area contributed by atoms with Crippen molar-refractivity contribution in [2.75, 3.05) is 6.54 Å². The summed E-state index contributed by atoms with van der Waals surface area (Å²) in [6.07, 6.45) is 1.54. The molecule has 3 heterocycles. The third kappa shape index (κ3) is 2.64. The number of hydrogen-bond donors (Lipinski definition) is 2. The number of carbonyl (C=O) groups excluding carboxylic acids is 1. The lowest BCUT2D eigenvalue weighted by Crippen LogP contribution is -2.45. The molecule has 0 saturated heterocycles. The third-order valence-electron chi connectivity index (χ3n) is 3.88. The van der Waals surface area contributed by atoms with Crippen molar-refractivity contribution in [2.24, 2.45) is 0 Å². The molecule has 0 fully saturated rings. The number of carbonyl (C=O) groups is 1. The van der Waals surface area contributed by atoms with Crippen molar-refractivity contribution < 1.29 is 9.21 Å². The lowest BCUT2D eigenvalue weighted by molar-refractivity contribution is 0.0899. The predicted molar refractivity (Wildman–Crippen MR) is 84.6 cm³/mol. The molecule has 6 heteroatoms. The van der Waals surface area contributed by atoms with E-state index in [9.17, 15) is 4.79 Å². The molecule has 4 rings (SSSR count). The lowest BCUT2D eigenvalue weighted by atomic mass is 10.1. The number of furan rings is 1. The molecule has 1 aromatic carbocycles. The highest BCUT2D eigenvalue weighted by atomic mass is 16.3. The second-order valence-electron chi connectivity index (χ2n) is 5.41. The summed E-state index contributed by atoms with van der Waals surface area (Å²) in [5, 5.41) is 10.9. The molecule has 1 aliphatic heterocycles. The molecule has 1 atom stereocenters. The first-order valence-electron chi connectivity index (χ1n) is 7.50. The van der Waals surface area contributed by atoms with E-state index < -0.39 is 0 Å². The number of nitrogens with one attached hydrogen (secondary N) is 2. The van der Waals surface area contributed by atoms with Gasteiger partial charge in [0.15, 0.2) is 0 Å². The van der Waals surface area contributed by atoms with Gasteiger partial charge in [0, 0.05) is 5.56 Å². The van der Waals surface area contributed by atoms with Crippen molar-refractivity contribution in [3.8, 4) is 11.3 Å². The van der Waals surface area contributed by atoms with Crippen molar-refractivity contribution in [2.45, 2.75) is 12.7 Å². The standard InChI is InChI=1S/C17H16N4O2/c22-17-15-9-14(12-5-2-1-3-6-12)20-21(15)16(11-19-17)18-10-13-7-4-8-23-13/h1-9,16,18H,10-11H2,(H,19,22). The Morgan fingerprint density at radius 3 is 2.91 bits per heavy atom. The molecule has 3 aromatic rings. The van der Waals surface area contributed by atoms with Gasteiger partial charge in [-0.2, -0.15) is 5.10 Å². The zero-order chi connectivity index (χ0) is 15.6. The van der Waals surface area contributed by atoms with Crippen LogP contribution in [0.5, 0.6) is 0 Å². The molecule has 0 spiro atoms. The average molecular weight is 308 g/mol. The average Bonchev–Trinajstić information content (AvgIpc) is 3.25. The van der Waals surface area contributed by atoms with Crippen molar-refractivity contribution >= 4 is 5.91 Å². The van der Waals surface area contributed by atoms with Gasteiger partial charge in [-0.25, -0.2) is 4.68 Å². The van der Waals surface area contributed by atoms with Gasteiger partial charge in [0.25, 0.3) is 5.91 Å². The molecular weight excluding hydrogens is 292 g/mol. The number of hydrogen-bond acceptors (Lipinski definition) is 4. The largest absolute Gasteiger partial charge is 0.468 e. The van der Waals surface area contributed by atoms with Gasteiger partial charge >= 0.3 is 0 Å². The molecule has 2 aromatic heterocycles. The molecule has 116 valence electrons. The van der Waals surface area contributed by atoms with Crippen LogP contribution in [-0.2, 0) is 6.54 Å². The maximum atomic E-state index is 12.1. The zero-order valence-corrected chi connectivity index (χ0v) is 12.4. The van der Waals surface area contributed by atoms with E-state index in [1.807, 2.05) is 48.5 Å². The Bertz CT molecular complexity index is 809. The van der Waals surface area contributed by atoms with Crippen LogP contribution >= 0.6 is 0 Å². The van der Waals surface area contributed by atoms with Crippen LogP contribution in [0.2, 0.25) is 0 Å². The fraction of sp³-hybridized carbons (Fsp3) is 0.176. The van der Waals surface area contributed by atoms with E-state index in [0.29, 0.717) is 18.8 Å². The van der Waals surface area contributed by atoms with Crippen LogP contribution in [0.1, 0.15) is 22.4 Å². The van der Waals surface area contributed by atoms with Gasteiger partial charge in [-0.3, -0.25) is 10.1 Å². The van der Waals surface area contributed by atoms with E-state index in [-0.39, 0.29) is 12.1 Å². The molecule has 0 radical (unpaired) electrons. The molecule has 0 bridgehead atoms. The molecule has 0 saturated carbocycles. The van der Waals surface area contributed by atoms with Crippen molar-refractivity contribution in [3.63, 3.8) is 0 Å². The van der Waals surface area contributed by atoms with Crippen LogP contribution in [0.4, 0.5) is 0 Å². The van der Waals surface area contributed by atoms with E-state index >= 15 is 0 Å². The maximum absolute atomic E-state index is 12.1. The van der Waals surface area contributed by atoms with Gasteiger partial charge < -0.3 is 9.73 Å². The highest BCUT2D eigenvalue weighted by Crippen LogP contribution is 2.22. The first kappa shape index (κ1) is 13.8. The fourth-order valence-electron chi connectivity index (χ4n) is 2.71. The predicted octanol–water partition coefficient (Wildman–Crippen LogP) is 2.17. The monoisotopic (exact) mass is 308 g/mol. The first-order valence-corrected chi connectivity index (χ1v) is 7.50. The molecule has 1 unspecified atom stereocenters. The van der Waals surface area contributed by atoms with Gasteiger partial charge in [0.1, 0.15) is 17.6 Å². The maximum Gasteiger partial charge on any atom is 0.269 e. The fourth-order valence-corrected chi connectivity index (χ4v) is 2.71. The van der Waals surface area contributed by atoms with E-state index in [0.717, 1.165) is 17.0 Å². The highest BCUT2D eigenvalue weighted by Gasteiger charge is 2.27. The van der Waals surface area contributed by atoms with Gasteiger partial charge in [-0.05, 0) is 18.2 Å².